The van der Waals surface area contributed by atoms with Crippen LogP contribution in [0.5, 0.6) is 0 Å². The van der Waals surface area contributed by atoms with Gasteiger partial charge in [-0.3, -0.25) is 9.59 Å². The van der Waals surface area contributed by atoms with Crippen molar-refractivity contribution in [2.24, 2.45) is 13.0 Å². The number of benzene rings is 1. The molecule has 0 unspecified atom stereocenters. The van der Waals surface area contributed by atoms with Gasteiger partial charge in [-0.25, -0.2) is 9.07 Å². The fourth-order valence-corrected chi connectivity index (χ4v) is 3.23. The van der Waals surface area contributed by atoms with Crippen LogP contribution in [0.4, 0.5) is 4.39 Å². The summed E-state index contributed by atoms with van der Waals surface area (Å²) in [4.78, 5) is 24.9. The van der Waals surface area contributed by atoms with Crippen LogP contribution in [0, 0.1) is 22.2 Å². The quantitative estimate of drug-likeness (QED) is 0.461. The van der Waals surface area contributed by atoms with Gasteiger partial charge < -0.3 is 4.74 Å². The summed E-state index contributed by atoms with van der Waals surface area (Å²) < 4.78 is 21.7. The fraction of sp³-hybridized carbons (Fsp3) is 0.421. The first-order valence-electron chi connectivity index (χ1n) is 8.48. The molecule has 7 heteroatoms. The Bertz CT molecular complexity index is 906. The molecule has 0 saturated heterocycles. The SMILES string of the molecule is Cc1c(Cc2ccc(I)cc2F)c(C(=O)COCC2CC2)nn(C)c1=O. The van der Waals surface area contributed by atoms with E-state index in [4.69, 9.17) is 4.74 Å². The number of hydrogen-bond acceptors (Lipinski definition) is 4. The maximum absolute atomic E-state index is 14.3. The monoisotopic (exact) mass is 470 g/mol. The van der Waals surface area contributed by atoms with E-state index in [1.54, 1.807) is 19.1 Å². The molecule has 138 valence electrons. The van der Waals surface area contributed by atoms with E-state index in [0.717, 1.165) is 21.1 Å². The van der Waals surface area contributed by atoms with Gasteiger partial charge in [0.15, 0.2) is 0 Å². The number of rotatable bonds is 7. The van der Waals surface area contributed by atoms with Crippen molar-refractivity contribution in [2.75, 3.05) is 13.2 Å². The summed E-state index contributed by atoms with van der Waals surface area (Å²) >= 11 is 2.04. The highest BCUT2D eigenvalue weighted by Crippen LogP contribution is 2.28. The molecule has 1 heterocycles. The smallest absolute Gasteiger partial charge is 0.269 e. The third-order valence-electron chi connectivity index (χ3n) is 4.53. The summed E-state index contributed by atoms with van der Waals surface area (Å²) in [5, 5.41) is 4.14. The van der Waals surface area contributed by atoms with Crippen LogP contribution in [0.25, 0.3) is 0 Å². The minimum Gasteiger partial charge on any atom is -0.373 e. The number of carbonyl (C=O) groups excluding carboxylic acids is 1. The Morgan fingerprint density at radius 2 is 2.15 bits per heavy atom. The van der Waals surface area contributed by atoms with Crippen molar-refractivity contribution < 1.29 is 13.9 Å². The second-order valence-corrected chi connectivity index (χ2v) is 7.92. The number of carbonyl (C=O) groups is 1. The summed E-state index contributed by atoms with van der Waals surface area (Å²) in [6.07, 6.45) is 2.42. The largest absolute Gasteiger partial charge is 0.373 e. The standard InChI is InChI=1S/C19H20FIN2O3/c1-11-15(7-13-5-6-14(21)8-16(13)20)18(22-23(2)19(11)25)17(24)10-26-9-12-3-4-12/h5-6,8,12H,3-4,7,9-10H2,1-2H3. The molecule has 0 atom stereocenters. The lowest BCUT2D eigenvalue weighted by molar-refractivity contribution is 0.0731. The summed E-state index contributed by atoms with van der Waals surface area (Å²) in [6, 6.07) is 4.90. The van der Waals surface area contributed by atoms with Crippen LogP contribution in [0.15, 0.2) is 23.0 Å². The van der Waals surface area contributed by atoms with Crippen molar-refractivity contribution in [3.05, 3.63) is 60.3 Å². The molecule has 1 aliphatic carbocycles. The molecule has 0 spiro atoms. The highest BCUT2D eigenvalue weighted by atomic mass is 127. The van der Waals surface area contributed by atoms with Gasteiger partial charge >= 0.3 is 0 Å². The van der Waals surface area contributed by atoms with E-state index in [0.29, 0.717) is 29.2 Å². The van der Waals surface area contributed by atoms with E-state index >= 15 is 0 Å². The molecule has 1 fully saturated rings. The van der Waals surface area contributed by atoms with Crippen molar-refractivity contribution >= 4 is 28.4 Å². The lowest BCUT2D eigenvalue weighted by Crippen LogP contribution is -2.29. The van der Waals surface area contributed by atoms with E-state index in [1.807, 2.05) is 22.6 Å². The molecule has 3 rings (SSSR count). The highest BCUT2D eigenvalue weighted by Gasteiger charge is 2.24. The van der Waals surface area contributed by atoms with Crippen LogP contribution in [-0.4, -0.2) is 28.8 Å². The van der Waals surface area contributed by atoms with E-state index < -0.39 is 0 Å². The molecule has 2 aromatic rings. The first-order chi connectivity index (χ1) is 12.4. The Morgan fingerprint density at radius 1 is 1.42 bits per heavy atom. The molecule has 1 saturated carbocycles. The van der Waals surface area contributed by atoms with E-state index in [1.165, 1.54) is 13.1 Å². The molecule has 0 N–H and O–H groups in total. The Hall–Kier alpha value is -1.61. The van der Waals surface area contributed by atoms with Crippen molar-refractivity contribution in [3.63, 3.8) is 0 Å². The number of Topliss-reactive ketones (excluding diaryl/α,β-unsaturated/α-hetero) is 1. The van der Waals surface area contributed by atoms with Crippen molar-refractivity contribution in [1.82, 2.24) is 9.78 Å². The van der Waals surface area contributed by atoms with Crippen LogP contribution in [-0.2, 0) is 18.2 Å². The summed E-state index contributed by atoms with van der Waals surface area (Å²) in [7, 11) is 1.51. The Balaban J connectivity index is 1.92. The van der Waals surface area contributed by atoms with E-state index in [-0.39, 0.29) is 35.9 Å². The van der Waals surface area contributed by atoms with Crippen molar-refractivity contribution in [3.8, 4) is 0 Å². The summed E-state index contributed by atoms with van der Waals surface area (Å²) in [5.41, 5.74) is 1.19. The predicted octanol–water partition coefficient (Wildman–Crippen LogP) is 3.03. The highest BCUT2D eigenvalue weighted by molar-refractivity contribution is 14.1. The Labute approximate surface area is 164 Å². The molecule has 0 amide bonds. The van der Waals surface area contributed by atoms with E-state index in [2.05, 4.69) is 5.10 Å². The zero-order chi connectivity index (χ0) is 18.8. The summed E-state index contributed by atoms with van der Waals surface area (Å²) in [5.74, 6) is -0.0939. The molecule has 26 heavy (non-hydrogen) atoms. The number of nitrogens with zero attached hydrogens (tertiary/aromatic N) is 2. The zero-order valence-electron chi connectivity index (χ0n) is 14.7. The second kappa shape index (κ2) is 7.96. The van der Waals surface area contributed by atoms with Crippen molar-refractivity contribution in [2.45, 2.75) is 26.2 Å². The fourth-order valence-electron chi connectivity index (χ4n) is 2.77. The Morgan fingerprint density at radius 3 is 2.81 bits per heavy atom. The number of halogens is 2. The number of ether oxygens (including phenoxy) is 1. The van der Waals surface area contributed by atoms with E-state index in [9.17, 15) is 14.0 Å². The van der Waals surface area contributed by atoms with Gasteiger partial charge in [0, 0.05) is 22.6 Å². The molecule has 1 aliphatic rings. The Kier molecular flexibility index (Phi) is 5.86. The molecular formula is C19H20FIN2O3. The zero-order valence-corrected chi connectivity index (χ0v) is 16.9. The van der Waals surface area contributed by atoms with Crippen LogP contribution < -0.4 is 5.56 Å². The average molecular weight is 470 g/mol. The lowest BCUT2D eigenvalue weighted by atomic mass is 9.98. The van der Waals surface area contributed by atoms with Gasteiger partial charge in [0.25, 0.3) is 5.56 Å². The molecule has 5 nitrogen and oxygen atoms in total. The molecule has 0 aliphatic heterocycles. The van der Waals surface area contributed by atoms with Crippen molar-refractivity contribution in [1.29, 1.82) is 0 Å². The van der Waals surface area contributed by atoms with Gasteiger partial charge in [-0.1, -0.05) is 6.07 Å². The van der Waals surface area contributed by atoms with Crippen LogP contribution in [0.1, 0.15) is 40.0 Å². The molecule has 0 radical (unpaired) electrons. The third-order valence-corrected chi connectivity index (χ3v) is 5.20. The van der Waals surface area contributed by atoms with Crippen LogP contribution >= 0.6 is 22.6 Å². The predicted molar refractivity (Wildman–Crippen MR) is 104 cm³/mol. The molecule has 1 aromatic carbocycles. The topological polar surface area (TPSA) is 61.2 Å². The third kappa shape index (κ3) is 4.37. The van der Waals surface area contributed by atoms with Gasteiger partial charge in [0.05, 0.1) is 6.61 Å². The minimum absolute atomic E-state index is 0.0800. The van der Waals surface area contributed by atoms with Crippen LogP contribution in [0.3, 0.4) is 0 Å². The molecular weight excluding hydrogens is 450 g/mol. The number of aryl methyl sites for hydroxylation is 1. The normalized spacial score (nSPS) is 13.8. The lowest BCUT2D eigenvalue weighted by Gasteiger charge is -2.13. The number of aromatic nitrogens is 2. The molecule has 1 aromatic heterocycles. The number of hydrogen-bond donors (Lipinski definition) is 0. The van der Waals surface area contributed by atoms with Gasteiger partial charge in [-0.05, 0) is 71.5 Å². The minimum atomic E-state index is -0.361. The maximum atomic E-state index is 14.3. The second-order valence-electron chi connectivity index (χ2n) is 6.68. The number of ketones is 1. The van der Waals surface area contributed by atoms with Gasteiger partial charge in [0.1, 0.15) is 18.1 Å². The van der Waals surface area contributed by atoms with Gasteiger partial charge in [0.2, 0.25) is 5.78 Å². The maximum Gasteiger partial charge on any atom is 0.269 e. The first kappa shape index (κ1) is 19.2. The first-order valence-corrected chi connectivity index (χ1v) is 9.56. The van der Waals surface area contributed by atoms with Gasteiger partial charge in [-0.15, -0.1) is 0 Å². The molecule has 0 bridgehead atoms. The van der Waals surface area contributed by atoms with Gasteiger partial charge in [-0.2, -0.15) is 5.10 Å². The average Bonchev–Trinajstić information content (AvgIpc) is 3.41. The summed E-state index contributed by atoms with van der Waals surface area (Å²) in [6.45, 7) is 2.13. The van der Waals surface area contributed by atoms with Crippen LogP contribution in [0.2, 0.25) is 0 Å².